The van der Waals surface area contributed by atoms with Crippen molar-refractivity contribution in [3.63, 3.8) is 0 Å². The second-order valence-corrected chi connectivity index (χ2v) is 7.66. The van der Waals surface area contributed by atoms with Crippen LogP contribution in [-0.2, 0) is 10.0 Å². The molecule has 2 aromatic rings. The van der Waals surface area contributed by atoms with Crippen LogP contribution >= 0.6 is 15.9 Å². The summed E-state index contributed by atoms with van der Waals surface area (Å²) in [6, 6.07) is 12.4. The Labute approximate surface area is 128 Å². The maximum absolute atomic E-state index is 12.6. The Morgan fingerprint density at radius 3 is 1.95 bits per heavy atom. The highest BCUT2D eigenvalue weighted by Crippen LogP contribution is 2.25. The largest absolute Gasteiger partial charge is 0.269 e. The van der Waals surface area contributed by atoms with Crippen molar-refractivity contribution in [3.05, 3.63) is 58.1 Å². The molecule has 0 saturated heterocycles. The Morgan fingerprint density at radius 2 is 1.45 bits per heavy atom. The molecule has 0 fully saturated rings. The Balaban J connectivity index is 2.45. The van der Waals surface area contributed by atoms with Gasteiger partial charge in [0.05, 0.1) is 10.6 Å². The lowest BCUT2D eigenvalue weighted by atomic mass is 10.1. The van der Waals surface area contributed by atoms with E-state index in [-0.39, 0.29) is 4.90 Å². The third-order valence-corrected chi connectivity index (χ3v) is 5.37. The molecule has 2 rings (SSSR count). The van der Waals surface area contributed by atoms with E-state index in [1.807, 2.05) is 32.0 Å². The van der Waals surface area contributed by atoms with Gasteiger partial charge >= 0.3 is 0 Å². The molecule has 0 aliphatic heterocycles. The molecule has 0 radical (unpaired) electrons. The minimum Gasteiger partial charge on any atom is -0.269 e. The van der Waals surface area contributed by atoms with E-state index in [2.05, 4.69) is 15.9 Å². The number of hydrogen-bond donors (Lipinski definition) is 0. The number of aryl methyl sites for hydroxylation is 2. The summed E-state index contributed by atoms with van der Waals surface area (Å²) in [5.74, 6) is 0. The molecule has 106 valence electrons. The first kappa shape index (κ1) is 15.1. The topological polar surface area (TPSA) is 37.4 Å². The van der Waals surface area contributed by atoms with E-state index < -0.39 is 10.0 Å². The fourth-order valence-electron chi connectivity index (χ4n) is 2.04. The molecular formula is C15H16BrNO2S. The van der Waals surface area contributed by atoms with Gasteiger partial charge in [0.25, 0.3) is 10.0 Å². The molecule has 0 spiro atoms. The predicted molar refractivity (Wildman–Crippen MR) is 85.6 cm³/mol. The SMILES string of the molecule is Cc1cc(C)cc(N(C)S(=O)(=O)c2ccc(Br)cc2)c1. The molecule has 0 aromatic heterocycles. The van der Waals surface area contributed by atoms with Gasteiger partial charge in [-0.3, -0.25) is 4.31 Å². The summed E-state index contributed by atoms with van der Waals surface area (Å²) >= 11 is 3.30. The zero-order chi connectivity index (χ0) is 14.9. The molecule has 0 atom stereocenters. The number of benzene rings is 2. The number of rotatable bonds is 3. The van der Waals surface area contributed by atoms with Crippen molar-refractivity contribution in [3.8, 4) is 0 Å². The zero-order valence-electron chi connectivity index (χ0n) is 11.6. The Kier molecular flexibility index (Phi) is 4.20. The van der Waals surface area contributed by atoms with Crippen molar-refractivity contribution in [2.75, 3.05) is 11.4 Å². The van der Waals surface area contributed by atoms with Crippen LogP contribution in [-0.4, -0.2) is 15.5 Å². The van der Waals surface area contributed by atoms with Crippen molar-refractivity contribution in [1.29, 1.82) is 0 Å². The van der Waals surface area contributed by atoms with Crippen LogP contribution in [0.5, 0.6) is 0 Å². The fourth-order valence-corrected chi connectivity index (χ4v) is 3.48. The first-order valence-corrected chi connectivity index (χ1v) is 8.37. The van der Waals surface area contributed by atoms with E-state index in [0.717, 1.165) is 15.6 Å². The standard InChI is InChI=1S/C15H16BrNO2S/c1-11-8-12(2)10-14(9-11)17(3)20(18,19)15-6-4-13(16)5-7-15/h4-10H,1-3H3. The van der Waals surface area contributed by atoms with E-state index in [9.17, 15) is 8.42 Å². The molecule has 20 heavy (non-hydrogen) atoms. The summed E-state index contributed by atoms with van der Waals surface area (Å²) in [7, 11) is -1.95. The van der Waals surface area contributed by atoms with E-state index in [1.165, 1.54) is 4.31 Å². The van der Waals surface area contributed by atoms with Crippen LogP contribution in [0.4, 0.5) is 5.69 Å². The maximum atomic E-state index is 12.6. The van der Waals surface area contributed by atoms with Crippen molar-refractivity contribution in [2.24, 2.45) is 0 Å². The molecule has 0 aliphatic rings. The first-order valence-electron chi connectivity index (χ1n) is 6.13. The molecule has 0 heterocycles. The van der Waals surface area contributed by atoms with Gasteiger partial charge in [-0.05, 0) is 61.4 Å². The number of anilines is 1. The third kappa shape index (κ3) is 3.04. The summed E-state index contributed by atoms with van der Waals surface area (Å²) in [6.07, 6.45) is 0. The van der Waals surface area contributed by atoms with E-state index in [0.29, 0.717) is 5.69 Å². The molecule has 0 unspecified atom stereocenters. The zero-order valence-corrected chi connectivity index (χ0v) is 14.0. The van der Waals surface area contributed by atoms with Crippen molar-refractivity contribution >= 4 is 31.6 Å². The summed E-state index contributed by atoms with van der Waals surface area (Å²) in [5, 5.41) is 0. The van der Waals surface area contributed by atoms with Gasteiger partial charge in [0.15, 0.2) is 0 Å². The van der Waals surface area contributed by atoms with Crippen LogP contribution in [0.1, 0.15) is 11.1 Å². The van der Waals surface area contributed by atoms with Crippen LogP contribution < -0.4 is 4.31 Å². The smallest absolute Gasteiger partial charge is 0.264 e. The van der Waals surface area contributed by atoms with Crippen LogP contribution in [0, 0.1) is 13.8 Å². The number of halogens is 1. The highest BCUT2D eigenvalue weighted by atomic mass is 79.9. The monoisotopic (exact) mass is 353 g/mol. The van der Waals surface area contributed by atoms with Gasteiger partial charge in [0.1, 0.15) is 0 Å². The van der Waals surface area contributed by atoms with Crippen LogP contribution in [0.15, 0.2) is 51.8 Å². The lowest BCUT2D eigenvalue weighted by Gasteiger charge is -2.20. The van der Waals surface area contributed by atoms with Crippen molar-refractivity contribution in [1.82, 2.24) is 0 Å². The fraction of sp³-hybridized carbons (Fsp3) is 0.200. The van der Waals surface area contributed by atoms with E-state index in [1.54, 1.807) is 31.3 Å². The average Bonchev–Trinajstić information content (AvgIpc) is 2.37. The maximum Gasteiger partial charge on any atom is 0.264 e. The summed E-state index contributed by atoms with van der Waals surface area (Å²) in [4.78, 5) is 0.280. The van der Waals surface area contributed by atoms with Gasteiger partial charge in [0.2, 0.25) is 0 Å². The molecular weight excluding hydrogens is 338 g/mol. The third-order valence-electron chi connectivity index (χ3n) is 3.04. The Morgan fingerprint density at radius 1 is 0.950 bits per heavy atom. The van der Waals surface area contributed by atoms with Gasteiger partial charge in [0, 0.05) is 11.5 Å². The minimum absolute atomic E-state index is 0.280. The number of nitrogens with zero attached hydrogens (tertiary/aromatic N) is 1. The molecule has 0 bridgehead atoms. The number of hydrogen-bond acceptors (Lipinski definition) is 2. The Hall–Kier alpha value is -1.33. The second-order valence-electron chi connectivity index (χ2n) is 4.77. The van der Waals surface area contributed by atoms with E-state index in [4.69, 9.17) is 0 Å². The Bertz CT molecular complexity index is 704. The van der Waals surface area contributed by atoms with Gasteiger partial charge in [-0.15, -0.1) is 0 Å². The minimum atomic E-state index is -3.53. The second kappa shape index (κ2) is 5.58. The van der Waals surface area contributed by atoms with Crippen molar-refractivity contribution in [2.45, 2.75) is 18.7 Å². The molecule has 0 amide bonds. The highest BCUT2D eigenvalue weighted by molar-refractivity contribution is 9.10. The quantitative estimate of drug-likeness (QED) is 0.839. The number of sulfonamides is 1. The summed E-state index contributed by atoms with van der Waals surface area (Å²) < 4.78 is 27.3. The lowest BCUT2D eigenvalue weighted by Crippen LogP contribution is -2.26. The molecule has 2 aromatic carbocycles. The molecule has 3 nitrogen and oxygen atoms in total. The average molecular weight is 354 g/mol. The highest BCUT2D eigenvalue weighted by Gasteiger charge is 2.21. The van der Waals surface area contributed by atoms with Crippen molar-refractivity contribution < 1.29 is 8.42 Å². The summed E-state index contributed by atoms with van der Waals surface area (Å²) in [6.45, 7) is 3.91. The summed E-state index contributed by atoms with van der Waals surface area (Å²) in [5.41, 5.74) is 2.75. The van der Waals surface area contributed by atoms with Gasteiger partial charge in [-0.1, -0.05) is 22.0 Å². The van der Waals surface area contributed by atoms with Gasteiger partial charge in [-0.25, -0.2) is 8.42 Å². The van der Waals surface area contributed by atoms with Gasteiger partial charge in [-0.2, -0.15) is 0 Å². The molecule has 0 aliphatic carbocycles. The molecule has 0 N–H and O–H groups in total. The van der Waals surface area contributed by atoms with Crippen LogP contribution in [0.25, 0.3) is 0 Å². The van der Waals surface area contributed by atoms with Crippen LogP contribution in [0.3, 0.4) is 0 Å². The normalized spacial score (nSPS) is 11.4. The predicted octanol–water partition coefficient (Wildman–Crippen LogP) is 3.89. The first-order chi connectivity index (χ1) is 9.30. The molecule has 5 heteroatoms. The van der Waals surface area contributed by atoms with Gasteiger partial charge < -0.3 is 0 Å². The van der Waals surface area contributed by atoms with E-state index >= 15 is 0 Å². The van der Waals surface area contributed by atoms with Crippen LogP contribution in [0.2, 0.25) is 0 Å². The lowest BCUT2D eigenvalue weighted by molar-refractivity contribution is 0.594. The molecule has 0 saturated carbocycles.